The van der Waals surface area contributed by atoms with E-state index in [-0.39, 0.29) is 43.0 Å². The highest BCUT2D eigenvalue weighted by Gasteiger charge is 2.33. The molecule has 0 aliphatic carbocycles. The summed E-state index contributed by atoms with van der Waals surface area (Å²) in [4.78, 5) is 25.7. The summed E-state index contributed by atoms with van der Waals surface area (Å²) in [7, 11) is -2.17. The Morgan fingerprint density at radius 3 is 2.63 bits per heavy atom. The van der Waals surface area contributed by atoms with Crippen LogP contribution in [-0.2, 0) is 19.6 Å². The van der Waals surface area contributed by atoms with Gasteiger partial charge in [-0.1, -0.05) is 11.6 Å². The van der Waals surface area contributed by atoms with Crippen molar-refractivity contribution >= 4 is 33.4 Å². The molecular weight excluding hydrogens is 394 g/mol. The molecule has 150 valence electrons. The number of hydrogen-bond acceptors (Lipinski definition) is 5. The Balaban J connectivity index is 1.97. The van der Waals surface area contributed by atoms with Gasteiger partial charge in [0.2, 0.25) is 21.8 Å². The van der Waals surface area contributed by atoms with Crippen LogP contribution in [0.1, 0.15) is 12.8 Å². The molecule has 8 nitrogen and oxygen atoms in total. The fourth-order valence-corrected chi connectivity index (χ4v) is 4.50. The Morgan fingerprint density at radius 2 is 2.00 bits per heavy atom. The second kappa shape index (κ2) is 9.50. The maximum absolute atomic E-state index is 12.8. The summed E-state index contributed by atoms with van der Waals surface area (Å²) in [6.07, 6.45) is 1.11. The summed E-state index contributed by atoms with van der Waals surface area (Å²) < 4.78 is 26.8. The summed E-state index contributed by atoms with van der Waals surface area (Å²) in [6, 6.07) is 5.90. The highest BCUT2D eigenvalue weighted by molar-refractivity contribution is 7.89. The van der Waals surface area contributed by atoms with Crippen molar-refractivity contribution in [1.82, 2.24) is 14.5 Å². The van der Waals surface area contributed by atoms with Gasteiger partial charge in [-0.15, -0.1) is 0 Å². The molecule has 0 spiro atoms. The first-order valence-electron chi connectivity index (χ1n) is 8.64. The molecule has 0 bridgehead atoms. The molecular formula is C17H24ClN3O5S. The predicted molar refractivity (Wildman–Crippen MR) is 101 cm³/mol. The van der Waals surface area contributed by atoms with E-state index in [1.165, 1.54) is 40.5 Å². The zero-order valence-corrected chi connectivity index (χ0v) is 16.7. The van der Waals surface area contributed by atoms with Gasteiger partial charge >= 0.3 is 0 Å². The normalized spacial score (nSPS) is 18.1. The van der Waals surface area contributed by atoms with Gasteiger partial charge in [0.25, 0.3) is 0 Å². The molecule has 1 atom stereocenters. The quantitative estimate of drug-likeness (QED) is 0.663. The van der Waals surface area contributed by atoms with E-state index >= 15 is 0 Å². The van der Waals surface area contributed by atoms with E-state index < -0.39 is 15.9 Å². The van der Waals surface area contributed by atoms with E-state index in [2.05, 4.69) is 5.32 Å². The predicted octanol–water partition coefficient (Wildman–Crippen LogP) is 0.308. The van der Waals surface area contributed by atoms with Crippen LogP contribution >= 0.6 is 11.6 Å². The highest BCUT2D eigenvalue weighted by Crippen LogP contribution is 2.24. The smallest absolute Gasteiger partial charge is 0.243 e. The van der Waals surface area contributed by atoms with Crippen molar-refractivity contribution < 1.29 is 23.1 Å². The lowest BCUT2D eigenvalue weighted by molar-refractivity contribution is -0.133. The van der Waals surface area contributed by atoms with E-state index in [1.54, 1.807) is 0 Å². The lowest BCUT2D eigenvalue weighted by atomic mass is 9.99. The number of hydrogen-bond donors (Lipinski definition) is 2. The Kier molecular flexibility index (Phi) is 7.60. The van der Waals surface area contributed by atoms with Gasteiger partial charge in [0.05, 0.1) is 24.0 Å². The standard InChI is InChI=1S/C17H24ClN3O5S/c1-20(9-10-22)16(23)11-19-17(24)13-3-2-8-21(12-13)27(25,26)15-6-4-14(18)5-7-15/h4-7,13,22H,2-3,8-12H2,1H3,(H,19,24)/t13-/m1/s1. The van der Waals surface area contributed by atoms with E-state index in [9.17, 15) is 18.0 Å². The third kappa shape index (κ3) is 5.65. The third-order valence-corrected chi connectivity index (χ3v) is 6.61. The number of rotatable bonds is 7. The number of nitrogens with one attached hydrogen (secondary N) is 1. The number of aliphatic hydroxyl groups is 1. The molecule has 0 aromatic heterocycles. The zero-order chi connectivity index (χ0) is 20.0. The van der Waals surface area contributed by atoms with Crippen LogP contribution in [0.25, 0.3) is 0 Å². The van der Waals surface area contributed by atoms with E-state index in [4.69, 9.17) is 16.7 Å². The van der Waals surface area contributed by atoms with Crippen LogP contribution in [0, 0.1) is 5.92 Å². The van der Waals surface area contributed by atoms with Crippen LogP contribution in [0.15, 0.2) is 29.2 Å². The lowest BCUT2D eigenvalue weighted by Gasteiger charge is -2.31. The second-order valence-corrected chi connectivity index (χ2v) is 8.79. The maximum atomic E-state index is 12.8. The molecule has 0 saturated carbocycles. The number of amides is 2. The van der Waals surface area contributed by atoms with Crippen LogP contribution in [0.4, 0.5) is 0 Å². The second-order valence-electron chi connectivity index (χ2n) is 6.41. The number of sulfonamides is 1. The van der Waals surface area contributed by atoms with Crippen molar-refractivity contribution in [2.45, 2.75) is 17.7 Å². The van der Waals surface area contributed by atoms with Gasteiger partial charge in [0.1, 0.15) is 0 Å². The number of nitrogens with zero attached hydrogens (tertiary/aromatic N) is 2. The Labute approximate surface area is 164 Å². The number of piperidine rings is 1. The molecule has 2 amide bonds. The minimum Gasteiger partial charge on any atom is -0.395 e. The van der Waals surface area contributed by atoms with Crippen LogP contribution in [-0.4, -0.2) is 74.4 Å². The fraction of sp³-hybridized carbons (Fsp3) is 0.529. The summed E-state index contributed by atoms with van der Waals surface area (Å²) in [6.45, 7) is 0.252. The van der Waals surface area contributed by atoms with Crippen molar-refractivity contribution in [2.24, 2.45) is 5.92 Å². The zero-order valence-electron chi connectivity index (χ0n) is 15.1. The minimum absolute atomic E-state index is 0.0669. The average molecular weight is 418 g/mol. The lowest BCUT2D eigenvalue weighted by Crippen LogP contribution is -2.47. The van der Waals surface area contributed by atoms with Crippen LogP contribution in [0.2, 0.25) is 5.02 Å². The Bertz CT molecular complexity index is 769. The molecule has 27 heavy (non-hydrogen) atoms. The number of aliphatic hydroxyl groups excluding tert-OH is 1. The maximum Gasteiger partial charge on any atom is 0.243 e. The van der Waals surface area contributed by atoms with Crippen LogP contribution < -0.4 is 5.32 Å². The van der Waals surface area contributed by atoms with Gasteiger partial charge in [-0.3, -0.25) is 9.59 Å². The first-order valence-corrected chi connectivity index (χ1v) is 10.5. The first kappa shape index (κ1) is 21.6. The van der Waals surface area contributed by atoms with Gasteiger partial charge in [-0.05, 0) is 37.1 Å². The molecule has 10 heteroatoms. The highest BCUT2D eigenvalue weighted by atomic mass is 35.5. The summed E-state index contributed by atoms with van der Waals surface area (Å²) >= 11 is 5.81. The van der Waals surface area contributed by atoms with E-state index in [0.29, 0.717) is 24.4 Å². The van der Waals surface area contributed by atoms with Gasteiger partial charge in [-0.25, -0.2) is 8.42 Å². The van der Waals surface area contributed by atoms with Gasteiger partial charge in [-0.2, -0.15) is 4.31 Å². The Morgan fingerprint density at radius 1 is 1.33 bits per heavy atom. The first-order chi connectivity index (χ1) is 12.8. The van der Waals surface area contributed by atoms with Crippen molar-refractivity contribution in [3.8, 4) is 0 Å². The number of benzene rings is 1. The van der Waals surface area contributed by atoms with Gasteiger partial charge in [0.15, 0.2) is 0 Å². The van der Waals surface area contributed by atoms with Crippen molar-refractivity contribution in [3.63, 3.8) is 0 Å². The summed E-state index contributed by atoms with van der Waals surface area (Å²) in [5.41, 5.74) is 0. The van der Waals surface area contributed by atoms with Crippen molar-refractivity contribution in [1.29, 1.82) is 0 Å². The molecule has 1 aliphatic rings. The molecule has 0 unspecified atom stereocenters. The number of likely N-dealkylation sites (N-methyl/N-ethyl adjacent to an activating group) is 1. The molecule has 1 fully saturated rings. The molecule has 2 N–H and O–H groups in total. The number of carbonyl (C=O) groups is 2. The van der Waals surface area contributed by atoms with E-state index in [1.807, 2.05) is 0 Å². The summed E-state index contributed by atoms with van der Waals surface area (Å²) in [5.74, 6) is -1.19. The number of halogens is 1. The third-order valence-electron chi connectivity index (χ3n) is 4.48. The molecule has 2 rings (SSSR count). The minimum atomic E-state index is -3.71. The van der Waals surface area contributed by atoms with Crippen LogP contribution in [0.3, 0.4) is 0 Å². The van der Waals surface area contributed by atoms with E-state index in [0.717, 1.165) is 0 Å². The van der Waals surface area contributed by atoms with Gasteiger partial charge in [0, 0.05) is 31.7 Å². The number of carbonyl (C=O) groups excluding carboxylic acids is 2. The molecule has 0 radical (unpaired) electrons. The molecule has 1 saturated heterocycles. The Hall–Kier alpha value is -1.68. The fourth-order valence-electron chi connectivity index (χ4n) is 2.85. The topological polar surface area (TPSA) is 107 Å². The monoisotopic (exact) mass is 417 g/mol. The van der Waals surface area contributed by atoms with Crippen molar-refractivity contribution in [2.75, 3.05) is 39.8 Å². The molecule has 1 aliphatic heterocycles. The largest absolute Gasteiger partial charge is 0.395 e. The summed E-state index contributed by atoms with van der Waals surface area (Å²) in [5, 5.41) is 11.8. The molecule has 1 heterocycles. The van der Waals surface area contributed by atoms with Gasteiger partial charge < -0.3 is 15.3 Å². The molecule has 1 aromatic carbocycles. The average Bonchev–Trinajstić information content (AvgIpc) is 2.66. The SMILES string of the molecule is CN(CCO)C(=O)CNC(=O)[C@@H]1CCCN(S(=O)(=O)c2ccc(Cl)cc2)C1. The van der Waals surface area contributed by atoms with Crippen LogP contribution in [0.5, 0.6) is 0 Å². The van der Waals surface area contributed by atoms with Crippen molar-refractivity contribution in [3.05, 3.63) is 29.3 Å². The molecule has 1 aromatic rings.